The van der Waals surface area contributed by atoms with Crippen molar-refractivity contribution in [3.05, 3.63) is 35.4 Å². The summed E-state index contributed by atoms with van der Waals surface area (Å²) in [7, 11) is 0. The summed E-state index contributed by atoms with van der Waals surface area (Å²) in [6.45, 7) is 8.07. The second-order valence-electron chi connectivity index (χ2n) is 6.48. The van der Waals surface area contributed by atoms with Gasteiger partial charge in [0.1, 0.15) is 5.75 Å². The van der Waals surface area contributed by atoms with Crippen LogP contribution in [0.25, 0.3) is 5.57 Å². The predicted octanol–water partition coefficient (Wildman–Crippen LogP) is 3.93. The zero-order valence-electron chi connectivity index (χ0n) is 12.5. The minimum absolute atomic E-state index is 0.0139. The van der Waals surface area contributed by atoms with Gasteiger partial charge < -0.3 is 10.2 Å². The number of aliphatic carboxylic acids is 1. The van der Waals surface area contributed by atoms with Crippen LogP contribution in [0.3, 0.4) is 0 Å². The number of phenols is 1. The molecular formula is C17H22O3. The fourth-order valence-electron chi connectivity index (χ4n) is 3.45. The van der Waals surface area contributed by atoms with Gasteiger partial charge in [-0.05, 0) is 47.9 Å². The topological polar surface area (TPSA) is 57.5 Å². The van der Waals surface area contributed by atoms with E-state index >= 15 is 0 Å². The SMILES string of the molecule is CC1=C(c2ccc(O)cc2)CC(C)(C)[C@H](C(=O)O)[C@H]1C. The molecule has 3 nitrogen and oxygen atoms in total. The van der Waals surface area contributed by atoms with Crippen LogP contribution in [-0.2, 0) is 4.79 Å². The van der Waals surface area contributed by atoms with Gasteiger partial charge in [0.2, 0.25) is 0 Å². The van der Waals surface area contributed by atoms with Gasteiger partial charge in [-0.25, -0.2) is 0 Å². The van der Waals surface area contributed by atoms with Crippen molar-refractivity contribution in [2.45, 2.75) is 34.1 Å². The first kappa shape index (κ1) is 14.6. The molecule has 0 spiro atoms. The first-order valence-corrected chi connectivity index (χ1v) is 6.96. The lowest BCUT2D eigenvalue weighted by atomic mass is 9.61. The third-order valence-corrected chi connectivity index (χ3v) is 4.62. The molecule has 0 saturated heterocycles. The van der Waals surface area contributed by atoms with E-state index in [1.165, 1.54) is 5.57 Å². The van der Waals surface area contributed by atoms with Gasteiger partial charge in [0.15, 0.2) is 0 Å². The quantitative estimate of drug-likeness (QED) is 0.859. The number of carbonyl (C=O) groups is 1. The summed E-state index contributed by atoms with van der Waals surface area (Å²) in [5.74, 6) is -0.812. The second-order valence-corrected chi connectivity index (χ2v) is 6.48. The predicted molar refractivity (Wildman–Crippen MR) is 79.4 cm³/mol. The summed E-state index contributed by atoms with van der Waals surface area (Å²) >= 11 is 0. The lowest BCUT2D eigenvalue weighted by molar-refractivity contribution is -0.148. The van der Waals surface area contributed by atoms with E-state index in [1.807, 2.05) is 39.8 Å². The number of allylic oxidation sites excluding steroid dienone is 2. The standard InChI is InChI=1S/C17H22O3/c1-10-11(2)15(16(19)20)17(3,4)9-14(10)12-5-7-13(18)8-6-12/h5-8,11,15,18H,9H2,1-4H3,(H,19,20)/t11-,15-/m0/s1. The van der Waals surface area contributed by atoms with Gasteiger partial charge >= 0.3 is 5.97 Å². The fraction of sp³-hybridized carbons (Fsp3) is 0.471. The monoisotopic (exact) mass is 274 g/mol. The minimum Gasteiger partial charge on any atom is -0.508 e. The number of rotatable bonds is 2. The van der Waals surface area contributed by atoms with E-state index in [1.54, 1.807) is 12.1 Å². The molecule has 0 heterocycles. The van der Waals surface area contributed by atoms with Crippen LogP contribution >= 0.6 is 0 Å². The molecule has 0 aromatic heterocycles. The third-order valence-electron chi connectivity index (χ3n) is 4.62. The summed E-state index contributed by atoms with van der Waals surface area (Å²) in [5.41, 5.74) is 3.14. The van der Waals surface area contributed by atoms with Crippen LogP contribution in [0, 0.1) is 17.3 Å². The Morgan fingerprint density at radius 1 is 1.25 bits per heavy atom. The van der Waals surface area contributed by atoms with Gasteiger partial charge in [0.05, 0.1) is 5.92 Å². The molecule has 0 radical (unpaired) electrons. The second kappa shape index (κ2) is 4.97. The van der Waals surface area contributed by atoms with E-state index in [0.29, 0.717) is 0 Å². The molecule has 20 heavy (non-hydrogen) atoms. The fourth-order valence-corrected chi connectivity index (χ4v) is 3.45. The number of carboxylic acids is 1. The zero-order chi connectivity index (χ0) is 15.1. The van der Waals surface area contributed by atoms with Crippen molar-refractivity contribution < 1.29 is 15.0 Å². The molecular weight excluding hydrogens is 252 g/mol. The van der Waals surface area contributed by atoms with Crippen LogP contribution in [0.1, 0.15) is 39.7 Å². The average Bonchev–Trinajstić information content (AvgIpc) is 2.34. The summed E-state index contributed by atoms with van der Waals surface area (Å²) in [5, 5.41) is 18.9. The normalized spacial score (nSPS) is 25.6. The maximum Gasteiger partial charge on any atom is 0.307 e. The highest BCUT2D eigenvalue weighted by atomic mass is 16.4. The number of carboxylic acid groups (broad SMARTS) is 1. The summed E-state index contributed by atoms with van der Waals surface area (Å²) in [6.07, 6.45) is 0.741. The Balaban J connectivity index is 2.49. The zero-order valence-corrected chi connectivity index (χ0v) is 12.5. The van der Waals surface area contributed by atoms with Crippen molar-refractivity contribution in [1.29, 1.82) is 0 Å². The van der Waals surface area contributed by atoms with E-state index in [9.17, 15) is 15.0 Å². The Morgan fingerprint density at radius 3 is 2.30 bits per heavy atom. The Labute approximate surface area is 120 Å². The number of hydrogen-bond acceptors (Lipinski definition) is 2. The highest BCUT2D eigenvalue weighted by Crippen LogP contribution is 2.49. The summed E-state index contributed by atoms with van der Waals surface area (Å²) in [6, 6.07) is 7.16. The molecule has 0 bridgehead atoms. The number of benzene rings is 1. The molecule has 1 aliphatic carbocycles. The molecule has 2 atom stereocenters. The van der Waals surface area contributed by atoms with Crippen LogP contribution in [-0.4, -0.2) is 16.2 Å². The van der Waals surface area contributed by atoms with Gasteiger partial charge in [0, 0.05) is 0 Å². The average molecular weight is 274 g/mol. The molecule has 2 rings (SSSR count). The first-order chi connectivity index (χ1) is 9.24. The molecule has 1 aromatic rings. The van der Waals surface area contributed by atoms with Crippen molar-refractivity contribution in [2.75, 3.05) is 0 Å². The highest BCUT2D eigenvalue weighted by molar-refractivity contribution is 5.78. The van der Waals surface area contributed by atoms with Gasteiger partial charge in [-0.1, -0.05) is 38.5 Å². The van der Waals surface area contributed by atoms with Gasteiger partial charge in [0.25, 0.3) is 0 Å². The maximum absolute atomic E-state index is 11.6. The molecule has 1 aliphatic rings. The Bertz CT molecular complexity index is 552. The smallest absolute Gasteiger partial charge is 0.307 e. The number of aromatic hydroxyl groups is 1. The van der Waals surface area contributed by atoms with Crippen molar-refractivity contribution in [3.8, 4) is 5.75 Å². The maximum atomic E-state index is 11.6. The lowest BCUT2D eigenvalue weighted by Gasteiger charge is -2.42. The van der Waals surface area contributed by atoms with E-state index in [4.69, 9.17) is 0 Å². The van der Waals surface area contributed by atoms with E-state index in [2.05, 4.69) is 0 Å². The highest BCUT2D eigenvalue weighted by Gasteiger charge is 2.44. The molecule has 0 saturated carbocycles. The van der Waals surface area contributed by atoms with Crippen LogP contribution in [0.4, 0.5) is 0 Å². The Hall–Kier alpha value is -1.77. The largest absolute Gasteiger partial charge is 0.508 e. The molecule has 3 heteroatoms. The molecule has 2 N–H and O–H groups in total. The molecule has 0 aliphatic heterocycles. The van der Waals surface area contributed by atoms with Crippen LogP contribution in [0.15, 0.2) is 29.8 Å². The first-order valence-electron chi connectivity index (χ1n) is 6.96. The molecule has 0 amide bonds. The molecule has 108 valence electrons. The van der Waals surface area contributed by atoms with Gasteiger partial charge in [-0.2, -0.15) is 0 Å². The number of phenolic OH excluding ortho intramolecular Hbond substituents is 1. The Morgan fingerprint density at radius 2 is 1.80 bits per heavy atom. The molecule has 0 unspecified atom stereocenters. The molecule has 0 fully saturated rings. The van der Waals surface area contributed by atoms with Crippen molar-refractivity contribution in [3.63, 3.8) is 0 Å². The van der Waals surface area contributed by atoms with Crippen molar-refractivity contribution in [1.82, 2.24) is 0 Å². The third kappa shape index (κ3) is 2.45. The van der Waals surface area contributed by atoms with E-state index < -0.39 is 5.97 Å². The van der Waals surface area contributed by atoms with Gasteiger partial charge in [-0.3, -0.25) is 4.79 Å². The van der Waals surface area contributed by atoms with Crippen molar-refractivity contribution in [2.24, 2.45) is 17.3 Å². The van der Waals surface area contributed by atoms with Crippen LogP contribution in [0.5, 0.6) is 5.75 Å². The van der Waals surface area contributed by atoms with Gasteiger partial charge in [-0.15, -0.1) is 0 Å². The van der Waals surface area contributed by atoms with Crippen molar-refractivity contribution >= 4 is 11.5 Å². The lowest BCUT2D eigenvalue weighted by Crippen LogP contribution is -2.39. The Kier molecular flexibility index (Phi) is 3.63. The molecule has 1 aromatic carbocycles. The van der Waals surface area contributed by atoms with Crippen LogP contribution < -0.4 is 0 Å². The van der Waals surface area contributed by atoms with Crippen LogP contribution in [0.2, 0.25) is 0 Å². The minimum atomic E-state index is -0.716. The van der Waals surface area contributed by atoms with E-state index in [0.717, 1.165) is 17.6 Å². The summed E-state index contributed by atoms with van der Waals surface area (Å²) < 4.78 is 0. The summed E-state index contributed by atoms with van der Waals surface area (Å²) in [4.78, 5) is 11.6. The van der Waals surface area contributed by atoms with E-state index in [-0.39, 0.29) is 23.0 Å². The number of hydrogen-bond donors (Lipinski definition) is 2.